The quantitative estimate of drug-likeness (QED) is 0.792. The van der Waals surface area contributed by atoms with Crippen molar-refractivity contribution in [2.24, 2.45) is 5.92 Å². The molecule has 0 spiro atoms. The van der Waals surface area contributed by atoms with Crippen molar-refractivity contribution in [3.63, 3.8) is 0 Å². The van der Waals surface area contributed by atoms with Gasteiger partial charge in [-0.2, -0.15) is 0 Å². The molecule has 0 N–H and O–H groups in total. The van der Waals surface area contributed by atoms with Gasteiger partial charge in [0.1, 0.15) is 5.75 Å². The van der Waals surface area contributed by atoms with Crippen LogP contribution in [0.2, 0.25) is 0 Å². The fourth-order valence-electron chi connectivity index (χ4n) is 3.93. The van der Waals surface area contributed by atoms with Crippen molar-refractivity contribution < 1.29 is 14.3 Å². The summed E-state index contributed by atoms with van der Waals surface area (Å²) in [6.07, 6.45) is 4.15. The lowest BCUT2D eigenvalue weighted by atomic mass is 9.91. The molecule has 0 saturated carbocycles. The lowest BCUT2D eigenvalue weighted by Gasteiger charge is -2.34. The molecule has 1 amide bonds. The molecular weight excluding hydrogens is 316 g/mol. The third-order valence-electron chi connectivity index (χ3n) is 5.31. The Morgan fingerprint density at radius 3 is 2.84 bits per heavy atom. The number of benzene rings is 1. The van der Waals surface area contributed by atoms with Crippen molar-refractivity contribution in [1.29, 1.82) is 0 Å². The number of hydrogen-bond acceptors (Lipinski definition) is 4. The van der Waals surface area contributed by atoms with E-state index >= 15 is 0 Å². The summed E-state index contributed by atoms with van der Waals surface area (Å²) in [5, 5.41) is 0. The first-order chi connectivity index (χ1) is 12.3. The Morgan fingerprint density at radius 2 is 2.04 bits per heavy atom. The van der Waals surface area contributed by atoms with E-state index in [9.17, 15) is 4.79 Å². The number of ether oxygens (including phenoxy) is 2. The smallest absolute Gasteiger partial charge is 0.224 e. The third-order valence-corrected chi connectivity index (χ3v) is 5.31. The van der Waals surface area contributed by atoms with Crippen LogP contribution in [0.5, 0.6) is 5.75 Å². The van der Waals surface area contributed by atoms with Gasteiger partial charge in [0.05, 0.1) is 20.3 Å². The predicted octanol–water partition coefficient (Wildman–Crippen LogP) is 2.20. The molecule has 1 aromatic carbocycles. The third kappa shape index (κ3) is 5.19. The molecule has 1 aromatic rings. The van der Waals surface area contributed by atoms with Crippen molar-refractivity contribution in [1.82, 2.24) is 9.80 Å². The molecule has 1 atom stereocenters. The van der Waals surface area contributed by atoms with Crippen molar-refractivity contribution in [3.05, 3.63) is 29.8 Å². The summed E-state index contributed by atoms with van der Waals surface area (Å²) in [6.45, 7) is 5.91. The number of nitrogens with zero attached hydrogens (tertiary/aromatic N) is 2. The Hall–Kier alpha value is -1.59. The zero-order chi connectivity index (χ0) is 17.5. The van der Waals surface area contributed by atoms with Gasteiger partial charge in [0.15, 0.2) is 0 Å². The minimum atomic E-state index is 0.273. The highest BCUT2D eigenvalue weighted by atomic mass is 16.5. The molecule has 0 radical (unpaired) electrons. The van der Waals surface area contributed by atoms with E-state index in [1.165, 1.54) is 18.4 Å². The maximum absolute atomic E-state index is 12.3. The number of piperidine rings is 1. The average molecular weight is 346 g/mol. The van der Waals surface area contributed by atoms with Gasteiger partial charge in [0, 0.05) is 32.6 Å². The highest BCUT2D eigenvalue weighted by Crippen LogP contribution is 2.26. The summed E-state index contributed by atoms with van der Waals surface area (Å²) in [7, 11) is 1.74. The number of rotatable bonds is 6. The molecule has 2 saturated heterocycles. The second kappa shape index (κ2) is 9.20. The normalized spacial score (nSPS) is 22.0. The van der Waals surface area contributed by atoms with Gasteiger partial charge in [-0.3, -0.25) is 4.79 Å². The number of carbonyl (C=O) groups excluding carboxylic acids is 1. The first kappa shape index (κ1) is 18.2. The second-order valence-electron chi connectivity index (χ2n) is 7.07. The number of morpholine rings is 1. The molecule has 138 valence electrons. The van der Waals surface area contributed by atoms with Gasteiger partial charge in [-0.15, -0.1) is 0 Å². The van der Waals surface area contributed by atoms with Crippen LogP contribution in [-0.2, 0) is 16.0 Å². The number of para-hydroxylation sites is 1. The monoisotopic (exact) mass is 346 g/mol. The molecule has 2 aliphatic rings. The van der Waals surface area contributed by atoms with E-state index < -0.39 is 0 Å². The SMILES string of the molecule is COc1ccccc1C[C@H]1CCCN(CCC(=O)N2CCOCC2)C1. The van der Waals surface area contributed by atoms with E-state index in [2.05, 4.69) is 17.0 Å². The highest BCUT2D eigenvalue weighted by molar-refractivity contribution is 5.76. The molecule has 0 aliphatic carbocycles. The fourth-order valence-corrected chi connectivity index (χ4v) is 3.93. The molecule has 2 heterocycles. The fraction of sp³-hybridized carbons (Fsp3) is 0.650. The summed E-state index contributed by atoms with van der Waals surface area (Å²) >= 11 is 0. The van der Waals surface area contributed by atoms with Crippen LogP contribution in [0.3, 0.4) is 0 Å². The van der Waals surface area contributed by atoms with Gasteiger partial charge in [0.2, 0.25) is 5.91 Å². The first-order valence-electron chi connectivity index (χ1n) is 9.46. The van der Waals surface area contributed by atoms with Crippen LogP contribution >= 0.6 is 0 Å². The largest absolute Gasteiger partial charge is 0.496 e. The number of carbonyl (C=O) groups is 1. The molecule has 5 nitrogen and oxygen atoms in total. The van der Waals surface area contributed by atoms with Gasteiger partial charge < -0.3 is 19.3 Å². The Bertz CT molecular complexity index is 558. The molecule has 2 fully saturated rings. The topological polar surface area (TPSA) is 42.0 Å². The number of amides is 1. The number of likely N-dealkylation sites (tertiary alicyclic amines) is 1. The van der Waals surface area contributed by atoms with Crippen LogP contribution in [0, 0.1) is 5.92 Å². The standard InChI is InChI=1S/C20H30N2O3/c1-24-19-7-3-2-6-18(19)15-17-5-4-9-21(16-17)10-8-20(23)22-11-13-25-14-12-22/h2-3,6-7,17H,4-5,8-16H2,1H3/t17-/m1/s1. The summed E-state index contributed by atoms with van der Waals surface area (Å²) in [4.78, 5) is 16.7. The van der Waals surface area contributed by atoms with Gasteiger partial charge >= 0.3 is 0 Å². The van der Waals surface area contributed by atoms with Gasteiger partial charge in [-0.25, -0.2) is 0 Å². The van der Waals surface area contributed by atoms with Crippen molar-refractivity contribution in [2.45, 2.75) is 25.7 Å². The molecule has 0 aromatic heterocycles. The summed E-state index contributed by atoms with van der Waals surface area (Å²) in [6, 6.07) is 8.31. The van der Waals surface area contributed by atoms with E-state index in [-0.39, 0.29) is 5.91 Å². The lowest BCUT2D eigenvalue weighted by Crippen LogP contribution is -2.43. The summed E-state index contributed by atoms with van der Waals surface area (Å²) in [5.74, 6) is 1.90. The molecule has 5 heteroatoms. The zero-order valence-electron chi connectivity index (χ0n) is 15.3. The van der Waals surface area contributed by atoms with E-state index in [4.69, 9.17) is 9.47 Å². The predicted molar refractivity (Wildman–Crippen MR) is 97.9 cm³/mol. The summed E-state index contributed by atoms with van der Waals surface area (Å²) < 4.78 is 10.8. The molecular formula is C20H30N2O3. The van der Waals surface area contributed by atoms with Crippen molar-refractivity contribution in [3.8, 4) is 5.75 Å². The number of methoxy groups -OCH3 is 1. The van der Waals surface area contributed by atoms with Crippen LogP contribution < -0.4 is 4.74 Å². The molecule has 2 aliphatic heterocycles. The first-order valence-corrected chi connectivity index (χ1v) is 9.46. The summed E-state index contributed by atoms with van der Waals surface area (Å²) in [5.41, 5.74) is 1.29. The Balaban J connectivity index is 1.47. The minimum Gasteiger partial charge on any atom is -0.496 e. The Kier molecular flexibility index (Phi) is 6.70. The maximum atomic E-state index is 12.3. The Morgan fingerprint density at radius 1 is 1.24 bits per heavy atom. The highest BCUT2D eigenvalue weighted by Gasteiger charge is 2.23. The van der Waals surface area contributed by atoms with Crippen LogP contribution in [-0.4, -0.2) is 68.8 Å². The van der Waals surface area contributed by atoms with Crippen LogP contribution in [0.1, 0.15) is 24.8 Å². The van der Waals surface area contributed by atoms with E-state index in [0.29, 0.717) is 25.6 Å². The van der Waals surface area contributed by atoms with Gasteiger partial charge in [0.25, 0.3) is 0 Å². The van der Waals surface area contributed by atoms with E-state index in [1.54, 1.807) is 7.11 Å². The molecule has 3 rings (SSSR count). The van der Waals surface area contributed by atoms with E-state index in [1.807, 2.05) is 17.0 Å². The minimum absolute atomic E-state index is 0.273. The second-order valence-corrected chi connectivity index (χ2v) is 7.07. The maximum Gasteiger partial charge on any atom is 0.224 e. The Labute approximate surface area is 150 Å². The van der Waals surface area contributed by atoms with Crippen molar-refractivity contribution >= 4 is 5.91 Å². The molecule has 0 bridgehead atoms. The molecule has 25 heavy (non-hydrogen) atoms. The molecule has 0 unspecified atom stereocenters. The lowest BCUT2D eigenvalue weighted by molar-refractivity contribution is -0.135. The zero-order valence-corrected chi connectivity index (χ0v) is 15.3. The van der Waals surface area contributed by atoms with Crippen LogP contribution in [0.25, 0.3) is 0 Å². The van der Waals surface area contributed by atoms with Crippen molar-refractivity contribution in [2.75, 3.05) is 53.0 Å². The van der Waals surface area contributed by atoms with Gasteiger partial charge in [-0.1, -0.05) is 18.2 Å². The van der Waals surface area contributed by atoms with Crippen LogP contribution in [0.4, 0.5) is 0 Å². The average Bonchev–Trinajstić information content (AvgIpc) is 2.67. The van der Waals surface area contributed by atoms with Crippen LogP contribution in [0.15, 0.2) is 24.3 Å². The number of hydrogen-bond donors (Lipinski definition) is 0. The van der Waals surface area contributed by atoms with Gasteiger partial charge in [-0.05, 0) is 43.4 Å². The van der Waals surface area contributed by atoms with E-state index in [0.717, 1.165) is 44.9 Å².